The summed E-state index contributed by atoms with van der Waals surface area (Å²) in [6.45, 7) is 4.57. The largest absolute Gasteiger partial charge is 0.457 e. The minimum Gasteiger partial charge on any atom is -0.457 e. The summed E-state index contributed by atoms with van der Waals surface area (Å²) in [4.78, 5) is 46.7. The van der Waals surface area contributed by atoms with Crippen LogP contribution < -0.4 is 10.1 Å². The number of aromatic nitrogens is 1. The first-order chi connectivity index (χ1) is 19.8. The van der Waals surface area contributed by atoms with E-state index >= 15 is 0 Å². The van der Waals surface area contributed by atoms with Crippen molar-refractivity contribution >= 4 is 17.7 Å². The lowest BCUT2D eigenvalue weighted by atomic mass is 10.0. The van der Waals surface area contributed by atoms with E-state index in [4.69, 9.17) is 13.9 Å². The summed E-state index contributed by atoms with van der Waals surface area (Å²) in [5.41, 5.74) is 2.45. The van der Waals surface area contributed by atoms with Gasteiger partial charge in [-0.05, 0) is 55.2 Å². The van der Waals surface area contributed by atoms with Crippen LogP contribution in [0.2, 0.25) is 0 Å². The van der Waals surface area contributed by atoms with Crippen molar-refractivity contribution in [2.24, 2.45) is 0 Å². The summed E-state index contributed by atoms with van der Waals surface area (Å²) in [7, 11) is 1.62. The zero-order valence-electron chi connectivity index (χ0n) is 23.7. The maximum Gasteiger partial charge on any atom is 0.291 e. The Bertz CT molecular complexity index is 1420. The van der Waals surface area contributed by atoms with Gasteiger partial charge in [0.2, 0.25) is 17.6 Å². The van der Waals surface area contributed by atoms with E-state index in [1.807, 2.05) is 55.5 Å². The Morgan fingerprint density at radius 3 is 2.54 bits per heavy atom. The molecule has 10 nitrogen and oxygen atoms in total. The summed E-state index contributed by atoms with van der Waals surface area (Å²) in [6.07, 6.45) is 1.55. The second-order valence-corrected chi connectivity index (χ2v) is 10.6. The smallest absolute Gasteiger partial charge is 0.291 e. The van der Waals surface area contributed by atoms with Gasteiger partial charge in [0.1, 0.15) is 11.5 Å². The molecule has 1 fully saturated rings. The van der Waals surface area contributed by atoms with E-state index in [1.165, 1.54) is 4.90 Å². The summed E-state index contributed by atoms with van der Waals surface area (Å²) in [5, 5.41) is 3.03. The zero-order chi connectivity index (χ0) is 28.9. The molecule has 0 spiro atoms. The van der Waals surface area contributed by atoms with E-state index in [2.05, 4.69) is 10.3 Å². The molecule has 3 amide bonds. The van der Waals surface area contributed by atoms with Crippen molar-refractivity contribution < 1.29 is 28.3 Å². The third kappa shape index (κ3) is 6.94. The molecule has 3 aromatic rings. The van der Waals surface area contributed by atoms with Crippen molar-refractivity contribution in [1.29, 1.82) is 0 Å². The van der Waals surface area contributed by atoms with Gasteiger partial charge in [0.25, 0.3) is 5.91 Å². The Labute approximate surface area is 239 Å². The molecule has 3 heterocycles. The van der Waals surface area contributed by atoms with Gasteiger partial charge in [-0.3, -0.25) is 14.4 Å². The summed E-state index contributed by atoms with van der Waals surface area (Å²) < 4.78 is 18.1. The van der Waals surface area contributed by atoms with Crippen LogP contribution in [0.3, 0.4) is 0 Å². The molecule has 1 aromatic heterocycles. The number of fused-ring (bicyclic) bond motifs is 5. The van der Waals surface area contributed by atoms with Gasteiger partial charge in [-0.1, -0.05) is 31.2 Å². The number of nitrogens with zero attached hydrogens (tertiary/aromatic N) is 3. The van der Waals surface area contributed by atoms with Crippen molar-refractivity contribution in [2.45, 2.75) is 58.3 Å². The van der Waals surface area contributed by atoms with E-state index < -0.39 is 6.04 Å². The van der Waals surface area contributed by atoms with Crippen LogP contribution in [0.5, 0.6) is 11.5 Å². The lowest BCUT2D eigenvalue weighted by Crippen LogP contribution is -2.58. The quantitative estimate of drug-likeness (QED) is 0.509. The number of ether oxygens (including phenoxy) is 2. The van der Waals surface area contributed by atoms with Crippen LogP contribution >= 0.6 is 0 Å². The van der Waals surface area contributed by atoms with Crippen LogP contribution in [0.4, 0.5) is 0 Å². The highest BCUT2D eigenvalue weighted by Crippen LogP contribution is 2.26. The van der Waals surface area contributed by atoms with Crippen LogP contribution in [0, 0.1) is 6.92 Å². The molecule has 0 saturated carbocycles. The first-order valence-corrected chi connectivity index (χ1v) is 14.0. The molecule has 2 aliphatic rings. The van der Waals surface area contributed by atoms with Gasteiger partial charge in [0.05, 0.1) is 31.0 Å². The van der Waals surface area contributed by atoms with E-state index in [0.29, 0.717) is 55.5 Å². The van der Waals surface area contributed by atoms with Gasteiger partial charge in [-0.2, -0.15) is 0 Å². The molecule has 1 N–H and O–H groups in total. The topological polar surface area (TPSA) is 114 Å². The number of likely N-dealkylation sites (tertiary alicyclic amines) is 1. The highest BCUT2D eigenvalue weighted by molar-refractivity contribution is 5.92. The average molecular weight is 561 g/mol. The number of carbonyl (C=O) groups excluding carboxylic acids is 3. The van der Waals surface area contributed by atoms with Gasteiger partial charge in [0, 0.05) is 33.0 Å². The molecule has 0 radical (unpaired) electrons. The number of aryl methyl sites for hydroxylation is 3. The molecule has 0 unspecified atom stereocenters. The lowest BCUT2D eigenvalue weighted by molar-refractivity contribution is -0.135. The Kier molecular flexibility index (Phi) is 8.68. The fourth-order valence-electron chi connectivity index (χ4n) is 5.20. The van der Waals surface area contributed by atoms with Crippen molar-refractivity contribution in [3.05, 3.63) is 77.0 Å². The Morgan fingerprint density at radius 2 is 1.80 bits per heavy atom. The Morgan fingerprint density at radius 1 is 1.07 bits per heavy atom. The van der Waals surface area contributed by atoms with Gasteiger partial charge in [-0.15, -0.1) is 0 Å². The van der Waals surface area contributed by atoms with Crippen molar-refractivity contribution in [1.82, 2.24) is 20.1 Å². The van der Waals surface area contributed by atoms with E-state index in [1.54, 1.807) is 18.9 Å². The zero-order valence-corrected chi connectivity index (χ0v) is 23.7. The second kappa shape index (κ2) is 12.6. The molecule has 1 saturated heterocycles. The molecule has 0 aliphatic carbocycles. The summed E-state index contributed by atoms with van der Waals surface area (Å²) in [6, 6.07) is 14.9. The van der Waals surface area contributed by atoms with Gasteiger partial charge >= 0.3 is 0 Å². The van der Waals surface area contributed by atoms with Crippen LogP contribution in [0.1, 0.15) is 53.0 Å². The van der Waals surface area contributed by atoms with E-state index in [9.17, 15) is 14.4 Å². The Balaban J connectivity index is 1.37. The standard InChI is InChI=1S/C31H36N4O6/c1-4-28-32-20(2)30(41-28)31(38)35-14-13-26-25(17-35)33-27(36)18-34(3)29(37)12-11-21-7-5-9-23(15-21)40-24-10-6-8-22(16-24)19-39-26/h5-10,15-16,25-26H,4,11-14,17-19H2,1-3H3,(H,33,36)/t25-,26+/m0/s1. The number of nitrogens with one attached hydrogen (secondary N) is 1. The first-order valence-electron chi connectivity index (χ1n) is 14.0. The number of rotatable bonds is 2. The highest BCUT2D eigenvalue weighted by Gasteiger charge is 2.35. The van der Waals surface area contributed by atoms with Crippen LogP contribution in [-0.2, 0) is 33.8 Å². The number of hydrogen-bond acceptors (Lipinski definition) is 7. The molecule has 216 valence electrons. The average Bonchev–Trinajstić information content (AvgIpc) is 3.35. The van der Waals surface area contributed by atoms with Crippen molar-refractivity contribution in [2.75, 3.05) is 26.7 Å². The van der Waals surface area contributed by atoms with Crippen LogP contribution in [0.15, 0.2) is 52.9 Å². The SMILES string of the molecule is CCc1nc(C)c(C(=O)N2CC[C@H]3OCc4cccc(c4)Oc4cccc(c4)CCC(=O)N(C)CC(=O)N[C@H]3C2)o1. The molecule has 41 heavy (non-hydrogen) atoms. The molecule has 2 atom stereocenters. The number of carbonyl (C=O) groups is 3. The number of amides is 3. The third-order valence-electron chi connectivity index (χ3n) is 7.45. The minimum absolute atomic E-state index is 0.0950. The monoisotopic (exact) mass is 560 g/mol. The van der Waals surface area contributed by atoms with Gasteiger partial charge in [-0.25, -0.2) is 4.98 Å². The third-order valence-corrected chi connectivity index (χ3v) is 7.45. The molecule has 2 aliphatic heterocycles. The molecule has 5 rings (SSSR count). The lowest BCUT2D eigenvalue weighted by Gasteiger charge is -2.38. The molecule has 4 bridgehead atoms. The first kappa shape index (κ1) is 28.4. The number of likely N-dealkylation sites (N-methyl/N-ethyl adjacent to an activating group) is 1. The van der Waals surface area contributed by atoms with Crippen molar-refractivity contribution in [3.8, 4) is 11.5 Å². The molecule has 2 aromatic carbocycles. The predicted molar refractivity (Wildman–Crippen MR) is 151 cm³/mol. The fourth-order valence-corrected chi connectivity index (χ4v) is 5.20. The summed E-state index contributed by atoms with van der Waals surface area (Å²) >= 11 is 0. The minimum atomic E-state index is -0.476. The Hall–Kier alpha value is -4.18. The van der Waals surface area contributed by atoms with Crippen LogP contribution in [-0.4, -0.2) is 71.3 Å². The maximum atomic E-state index is 13.4. The molecule has 10 heteroatoms. The molecular weight excluding hydrogens is 524 g/mol. The second-order valence-electron chi connectivity index (χ2n) is 10.6. The molecular formula is C31H36N4O6. The predicted octanol–water partition coefficient (Wildman–Crippen LogP) is 3.66. The number of oxazole rings is 1. The number of benzene rings is 2. The summed E-state index contributed by atoms with van der Waals surface area (Å²) in [5.74, 6) is 1.39. The van der Waals surface area contributed by atoms with Crippen LogP contribution in [0.25, 0.3) is 0 Å². The van der Waals surface area contributed by atoms with E-state index in [-0.39, 0.29) is 49.1 Å². The number of piperidine rings is 1. The van der Waals surface area contributed by atoms with Gasteiger partial charge < -0.3 is 29.0 Å². The highest BCUT2D eigenvalue weighted by atomic mass is 16.5. The van der Waals surface area contributed by atoms with E-state index in [0.717, 1.165) is 11.1 Å². The number of hydrogen-bond donors (Lipinski definition) is 1. The van der Waals surface area contributed by atoms with Gasteiger partial charge in [0.15, 0.2) is 5.89 Å². The fraction of sp³-hybridized carbons (Fsp3) is 0.419. The normalized spacial score (nSPS) is 20.4. The van der Waals surface area contributed by atoms with Crippen molar-refractivity contribution in [3.63, 3.8) is 0 Å². The maximum absolute atomic E-state index is 13.4.